The lowest BCUT2D eigenvalue weighted by Crippen LogP contribution is -2.05. The van der Waals surface area contributed by atoms with Crippen molar-refractivity contribution in [2.45, 2.75) is 13.1 Å². The van der Waals surface area contributed by atoms with Gasteiger partial charge in [-0.05, 0) is 31.2 Å². The van der Waals surface area contributed by atoms with Crippen LogP contribution in [0.25, 0.3) is 11.1 Å². The average molecular weight is 273 g/mol. The minimum atomic E-state index is -4.56. The van der Waals surface area contributed by atoms with E-state index in [4.69, 9.17) is 0 Å². The Kier molecular flexibility index (Phi) is 3.26. The van der Waals surface area contributed by atoms with Gasteiger partial charge in [0.25, 0.3) is 0 Å². The molecule has 0 unspecified atom stereocenters. The van der Waals surface area contributed by atoms with Gasteiger partial charge in [0.2, 0.25) is 5.95 Å². The Labute approximate surface area is 105 Å². The lowest BCUT2D eigenvalue weighted by atomic mass is 10.0. The zero-order chi connectivity index (χ0) is 14.2. The van der Waals surface area contributed by atoms with Crippen LogP contribution in [-0.4, -0.2) is 4.98 Å². The molecule has 0 N–H and O–H groups in total. The van der Waals surface area contributed by atoms with Crippen LogP contribution in [0.1, 0.15) is 11.1 Å². The van der Waals surface area contributed by atoms with Crippen LogP contribution in [0.15, 0.2) is 30.5 Å². The van der Waals surface area contributed by atoms with Crippen LogP contribution in [0.2, 0.25) is 0 Å². The first-order chi connectivity index (χ1) is 8.79. The van der Waals surface area contributed by atoms with Crippen LogP contribution >= 0.6 is 0 Å². The van der Waals surface area contributed by atoms with Gasteiger partial charge >= 0.3 is 6.18 Å². The summed E-state index contributed by atoms with van der Waals surface area (Å²) >= 11 is 0. The molecule has 1 aromatic carbocycles. The van der Waals surface area contributed by atoms with Crippen molar-refractivity contribution in [1.29, 1.82) is 0 Å². The maximum atomic E-state index is 13.6. The Morgan fingerprint density at radius 1 is 1.05 bits per heavy atom. The second-order valence-corrected chi connectivity index (χ2v) is 4.02. The Hall–Kier alpha value is -1.98. The Bertz CT molecular complexity index is 619. The van der Waals surface area contributed by atoms with Gasteiger partial charge in [-0.2, -0.15) is 17.6 Å². The molecular weight excluding hydrogens is 265 g/mol. The summed E-state index contributed by atoms with van der Waals surface area (Å²) < 4.78 is 64.3. The van der Waals surface area contributed by atoms with E-state index in [0.29, 0.717) is 12.1 Å². The lowest BCUT2D eigenvalue weighted by Gasteiger charge is -2.10. The molecule has 0 amide bonds. The minimum Gasteiger partial charge on any atom is -0.227 e. The van der Waals surface area contributed by atoms with Gasteiger partial charge in [-0.1, -0.05) is 0 Å². The monoisotopic (exact) mass is 273 g/mol. The summed E-state index contributed by atoms with van der Waals surface area (Å²) in [6, 6.07) is 3.32. The molecule has 2 rings (SSSR count). The van der Waals surface area contributed by atoms with E-state index >= 15 is 0 Å². The van der Waals surface area contributed by atoms with E-state index in [1.807, 2.05) is 0 Å². The summed E-state index contributed by atoms with van der Waals surface area (Å²) in [5.41, 5.74) is -0.992. The van der Waals surface area contributed by atoms with Gasteiger partial charge in [-0.25, -0.2) is 9.37 Å². The highest BCUT2D eigenvalue weighted by Crippen LogP contribution is 2.33. The normalized spacial score (nSPS) is 11.7. The fourth-order valence-corrected chi connectivity index (χ4v) is 1.63. The molecule has 0 aliphatic carbocycles. The van der Waals surface area contributed by atoms with Crippen molar-refractivity contribution < 1.29 is 22.0 Å². The number of benzene rings is 1. The van der Waals surface area contributed by atoms with Crippen LogP contribution in [0, 0.1) is 18.7 Å². The Morgan fingerprint density at radius 2 is 1.74 bits per heavy atom. The molecule has 1 heterocycles. The summed E-state index contributed by atoms with van der Waals surface area (Å²) in [6.45, 7) is 1.40. The molecule has 0 saturated carbocycles. The molecule has 0 atom stereocenters. The van der Waals surface area contributed by atoms with Gasteiger partial charge in [-0.15, -0.1) is 0 Å². The first-order valence-electron chi connectivity index (χ1n) is 5.28. The van der Waals surface area contributed by atoms with E-state index in [0.717, 1.165) is 12.3 Å². The van der Waals surface area contributed by atoms with Crippen molar-refractivity contribution >= 4 is 0 Å². The van der Waals surface area contributed by atoms with Crippen molar-refractivity contribution in [3.63, 3.8) is 0 Å². The quantitative estimate of drug-likeness (QED) is 0.556. The first-order valence-corrected chi connectivity index (χ1v) is 5.28. The van der Waals surface area contributed by atoms with E-state index in [2.05, 4.69) is 4.98 Å². The molecule has 1 aromatic heterocycles. The maximum Gasteiger partial charge on any atom is 0.416 e. The second-order valence-electron chi connectivity index (χ2n) is 4.02. The van der Waals surface area contributed by atoms with E-state index < -0.39 is 23.5 Å². The number of hydrogen-bond donors (Lipinski definition) is 0. The van der Waals surface area contributed by atoms with Crippen molar-refractivity contribution in [3.8, 4) is 11.1 Å². The van der Waals surface area contributed by atoms with Crippen molar-refractivity contribution in [1.82, 2.24) is 4.98 Å². The van der Waals surface area contributed by atoms with Gasteiger partial charge < -0.3 is 0 Å². The molecule has 0 fully saturated rings. The van der Waals surface area contributed by atoms with Gasteiger partial charge in [0.1, 0.15) is 5.82 Å². The number of aromatic nitrogens is 1. The molecule has 6 heteroatoms. The van der Waals surface area contributed by atoms with Crippen LogP contribution in [0.3, 0.4) is 0 Å². The fraction of sp³-hybridized carbons (Fsp3) is 0.154. The molecule has 0 aliphatic rings. The topological polar surface area (TPSA) is 12.9 Å². The highest BCUT2D eigenvalue weighted by Gasteiger charge is 2.31. The zero-order valence-electron chi connectivity index (χ0n) is 9.72. The molecule has 0 saturated heterocycles. The predicted octanol–water partition coefficient (Wildman–Crippen LogP) is 4.35. The van der Waals surface area contributed by atoms with Crippen molar-refractivity contribution in [2.24, 2.45) is 0 Å². The van der Waals surface area contributed by atoms with E-state index in [1.54, 1.807) is 0 Å². The molecule has 100 valence electrons. The summed E-state index contributed by atoms with van der Waals surface area (Å²) in [4.78, 5) is 3.37. The van der Waals surface area contributed by atoms with Gasteiger partial charge in [0, 0.05) is 22.9 Å². The highest BCUT2D eigenvalue weighted by molar-refractivity contribution is 5.64. The third-order valence-corrected chi connectivity index (χ3v) is 2.62. The largest absolute Gasteiger partial charge is 0.416 e. The molecule has 0 aliphatic heterocycles. The predicted molar refractivity (Wildman–Crippen MR) is 59.3 cm³/mol. The average Bonchev–Trinajstić information content (AvgIpc) is 2.32. The Balaban J connectivity index is 2.58. The van der Waals surface area contributed by atoms with E-state index in [-0.39, 0.29) is 16.7 Å². The van der Waals surface area contributed by atoms with E-state index in [1.165, 1.54) is 13.0 Å². The molecular formula is C13H8F5N. The third kappa shape index (κ3) is 2.72. The highest BCUT2D eigenvalue weighted by atomic mass is 19.4. The molecule has 0 radical (unpaired) electrons. The van der Waals surface area contributed by atoms with Crippen LogP contribution < -0.4 is 0 Å². The molecule has 0 bridgehead atoms. The third-order valence-electron chi connectivity index (χ3n) is 2.62. The van der Waals surface area contributed by atoms with Crippen LogP contribution in [-0.2, 0) is 6.18 Å². The number of nitrogens with zero attached hydrogens (tertiary/aromatic N) is 1. The summed E-state index contributed by atoms with van der Waals surface area (Å²) in [5.74, 6) is -1.56. The van der Waals surface area contributed by atoms with Gasteiger partial charge in [-0.3, -0.25) is 0 Å². The molecule has 19 heavy (non-hydrogen) atoms. The number of pyridine rings is 1. The first kappa shape index (κ1) is 13.5. The molecule has 0 spiro atoms. The second kappa shape index (κ2) is 4.60. The zero-order valence-corrected chi connectivity index (χ0v) is 9.72. The summed E-state index contributed by atoms with van der Waals surface area (Å²) in [7, 11) is 0. The summed E-state index contributed by atoms with van der Waals surface area (Å²) in [5, 5.41) is 0. The van der Waals surface area contributed by atoms with E-state index in [9.17, 15) is 22.0 Å². The number of hydrogen-bond acceptors (Lipinski definition) is 1. The number of rotatable bonds is 1. The SMILES string of the molecule is Cc1cc(-c2cc(C(F)(F)F)ccc2F)cnc1F. The Morgan fingerprint density at radius 3 is 2.32 bits per heavy atom. The number of halogens is 5. The minimum absolute atomic E-state index is 0.0995. The maximum absolute atomic E-state index is 13.6. The van der Waals surface area contributed by atoms with Gasteiger partial charge in [0.05, 0.1) is 5.56 Å². The molecule has 2 aromatic rings. The van der Waals surface area contributed by atoms with Crippen LogP contribution in [0.4, 0.5) is 22.0 Å². The standard InChI is InChI=1S/C13H8F5N/c1-7-4-8(6-19-12(7)15)10-5-9(13(16,17)18)2-3-11(10)14/h2-6H,1H3. The lowest BCUT2D eigenvalue weighted by molar-refractivity contribution is -0.137. The number of alkyl halides is 3. The van der Waals surface area contributed by atoms with Crippen molar-refractivity contribution in [3.05, 3.63) is 53.4 Å². The summed E-state index contributed by atoms with van der Waals surface area (Å²) in [6.07, 6.45) is -3.56. The van der Waals surface area contributed by atoms with Crippen LogP contribution in [0.5, 0.6) is 0 Å². The van der Waals surface area contributed by atoms with Crippen molar-refractivity contribution in [2.75, 3.05) is 0 Å². The molecule has 1 nitrogen and oxygen atoms in total. The smallest absolute Gasteiger partial charge is 0.227 e. The number of aryl methyl sites for hydroxylation is 1. The fourth-order valence-electron chi connectivity index (χ4n) is 1.63. The van der Waals surface area contributed by atoms with Gasteiger partial charge in [0.15, 0.2) is 0 Å².